The second kappa shape index (κ2) is 11.6. The lowest BCUT2D eigenvalue weighted by Gasteiger charge is -2.21. The average molecular weight is 608 g/mol. The quantitative estimate of drug-likeness (QED) is 0.203. The predicted octanol–water partition coefficient (Wildman–Crippen LogP) is 4.79. The number of ether oxygens (including phenoxy) is 2. The van der Waals surface area contributed by atoms with E-state index in [9.17, 15) is 18.5 Å². The van der Waals surface area contributed by atoms with Gasteiger partial charge in [0.25, 0.3) is 5.91 Å². The van der Waals surface area contributed by atoms with E-state index in [1.165, 1.54) is 6.07 Å². The van der Waals surface area contributed by atoms with Crippen LogP contribution in [0.5, 0.6) is 5.75 Å². The number of carbonyl (C=O) groups is 1. The number of carbonyl (C=O) groups excluding carboxylic acids is 1. The molecule has 13 heteroatoms. The lowest BCUT2D eigenvalue weighted by atomic mass is 10.0. The molecule has 5 rings (SSSR count). The molecule has 0 saturated carbocycles. The molecule has 0 unspecified atom stereocenters. The number of amides is 1. The van der Waals surface area contributed by atoms with Crippen LogP contribution in [-0.2, 0) is 33.1 Å². The average Bonchev–Trinajstić information content (AvgIpc) is 3.48. The summed E-state index contributed by atoms with van der Waals surface area (Å²) in [7, 11) is -5.63. The van der Waals surface area contributed by atoms with Crippen LogP contribution < -0.4 is 13.8 Å². The fraction of sp³-hybridized carbons (Fsp3) is 0.276. The zero-order valence-corrected chi connectivity index (χ0v) is 25.2. The van der Waals surface area contributed by atoms with Crippen LogP contribution in [-0.4, -0.2) is 45.1 Å². The van der Waals surface area contributed by atoms with Gasteiger partial charge in [0, 0.05) is 31.8 Å². The molecule has 42 heavy (non-hydrogen) atoms. The normalized spacial score (nSPS) is 14.6. The fourth-order valence-electron chi connectivity index (χ4n) is 4.52. The largest absolute Gasteiger partial charge is 0.487 e. The molecule has 0 radical (unpaired) electrons. The van der Waals surface area contributed by atoms with Crippen LogP contribution >= 0.6 is 0 Å². The summed E-state index contributed by atoms with van der Waals surface area (Å²) in [5.41, 5.74) is 1.10. The van der Waals surface area contributed by atoms with Crippen LogP contribution in [0.25, 0.3) is 22.2 Å². The maximum absolute atomic E-state index is 16.4. The van der Waals surface area contributed by atoms with Crippen LogP contribution in [0.1, 0.15) is 11.3 Å². The van der Waals surface area contributed by atoms with Gasteiger partial charge in [-0.25, -0.2) is 18.4 Å². The van der Waals surface area contributed by atoms with E-state index in [2.05, 4.69) is 24.6 Å². The number of rotatable bonds is 10. The van der Waals surface area contributed by atoms with Crippen molar-refractivity contribution < 1.29 is 27.1 Å². The van der Waals surface area contributed by atoms with Gasteiger partial charge in [0.15, 0.2) is 11.5 Å². The Morgan fingerprint density at radius 1 is 1.14 bits per heavy atom. The summed E-state index contributed by atoms with van der Waals surface area (Å²) in [4.78, 5) is 16.4. The Morgan fingerprint density at radius 2 is 1.90 bits per heavy atom. The highest BCUT2D eigenvalue weighted by Gasteiger charge is 2.38. The highest BCUT2D eigenvalue weighted by atomic mass is 32.2. The summed E-state index contributed by atoms with van der Waals surface area (Å²) in [6.07, 6.45) is 1.57. The van der Waals surface area contributed by atoms with Crippen molar-refractivity contribution in [3.63, 3.8) is 0 Å². The molecule has 0 bridgehead atoms. The number of anilines is 1. The van der Waals surface area contributed by atoms with Crippen molar-refractivity contribution in [1.82, 2.24) is 14.3 Å². The van der Waals surface area contributed by atoms with Crippen molar-refractivity contribution in [3.05, 3.63) is 77.9 Å². The van der Waals surface area contributed by atoms with Gasteiger partial charge in [0.2, 0.25) is 0 Å². The van der Waals surface area contributed by atoms with Crippen molar-refractivity contribution in [2.24, 2.45) is 0 Å². The monoisotopic (exact) mass is 607 g/mol. The number of benzene rings is 3. The number of aromatic nitrogens is 2. The highest BCUT2D eigenvalue weighted by Crippen LogP contribution is 2.40. The van der Waals surface area contributed by atoms with Gasteiger partial charge in [-0.3, -0.25) is 4.79 Å². The predicted molar refractivity (Wildman–Crippen MR) is 159 cm³/mol. The summed E-state index contributed by atoms with van der Waals surface area (Å²) in [6.45, 7) is 6.95. The third kappa shape index (κ3) is 6.30. The maximum Gasteiger partial charge on any atom is 0.326 e. The number of nitrogens with one attached hydrogen (secondary N) is 1. The zero-order valence-electron chi connectivity index (χ0n) is 23.4. The molecule has 0 aliphatic carbocycles. The van der Waals surface area contributed by atoms with Gasteiger partial charge in [-0.15, -0.1) is 0 Å². The van der Waals surface area contributed by atoms with Gasteiger partial charge in [-0.1, -0.05) is 62.1 Å². The Balaban J connectivity index is 1.56. The Morgan fingerprint density at radius 3 is 2.57 bits per heavy atom. The molecule has 3 aromatic carbocycles. The van der Waals surface area contributed by atoms with Crippen molar-refractivity contribution in [2.75, 3.05) is 17.5 Å². The van der Waals surface area contributed by atoms with Gasteiger partial charge < -0.3 is 14.0 Å². The number of nitrogens with zero attached hydrogens (tertiary/aromatic N) is 4. The molecule has 1 aliphatic heterocycles. The number of halogens is 1. The number of fused-ring (bicyclic) bond motifs is 1. The molecule has 1 saturated heterocycles. The third-order valence-corrected chi connectivity index (χ3v) is 9.78. The SMILES string of the molecule is C[Si](C)(C)CCOCn1cc(C#N)nc1-c1ccc2cc(OCc3ccccc3)c(N3CC(=O)NS3(=O)=O)c(F)c2c1. The van der Waals surface area contributed by atoms with Crippen molar-refractivity contribution in [1.29, 1.82) is 5.26 Å². The van der Waals surface area contributed by atoms with E-state index >= 15 is 4.39 Å². The van der Waals surface area contributed by atoms with E-state index in [1.807, 2.05) is 41.1 Å². The van der Waals surface area contributed by atoms with Gasteiger partial charge >= 0.3 is 10.2 Å². The summed E-state index contributed by atoms with van der Waals surface area (Å²) in [5, 5.41) is 10.0. The van der Waals surface area contributed by atoms with Crippen LogP contribution in [0.4, 0.5) is 10.1 Å². The van der Waals surface area contributed by atoms with Crippen molar-refractivity contribution in [3.8, 4) is 23.2 Å². The maximum atomic E-state index is 16.4. The Labute approximate surface area is 244 Å². The highest BCUT2D eigenvalue weighted by molar-refractivity contribution is 7.92. The number of hydrogen-bond donors (Lipinski definition) is 1. The van der Waals surface area contributed by atoms with Gasteiger partial charge in [0.05, 0.1) is 0 Å². The van der Waals surface area contributed by atoms with Crippen molar-refractivity contribution in [2.45, 2.75) is 39.0 Å². The minimum Gasteiger partial charge on any atom is -0.487 e. The molecule has 1 aromatic heterocycles. The summed E-state index contributed by atoms with van der Waals surface area (Å²) in [5.74, 6) is -1.28. The third-order valence-electron chi connectivity index (χ3n) is 6.70. The van der Waals surface area contributed by atoms with Gasteiger partial charge in [-0.05, 0) is 29.1 Å². The Kier molecular flexibility index (Phi) is 8.05. The smallest absolute Gasteiger partial charge is 0.326 e. The molecule has 10 nitrogen and oxygen atoms in total. The van der Waals surface area contributed by atoms with E-state index in [4.69, 9.17) is 9.47 Å². The Bertz CT molecular complexity index is 1800. The molecule has 218 valence electrons. The van der Waals surface area contributed by atoms with E-state index in [-0.39, 0.29) is 35.9 Å². The molecule has 1 aliphatic rings. The second-order valence-electron chi connectivity index (χ2n) is 11.2. The molecular formula is C29H30FN5O5SSi. The van der Waals surface area contributed by atoms with Gasteiger partial charge in [-0.2, -0.15) is 13.7 Å². The van der Waals surface area contributed by atoms with Crippen molar-refractivity contribution >= 4 is 40.7 Å². The molecule has 0 atom stereocenters. The summed E-state index contributed by atoms with van der Waals surface area (Å²) >= 11 is 0. The van der Waals surface area contributed by atoms with E-state index in [1.54, 1.807) is 29.0 Å². The molecular weight excluding hydrogens is 578 g/mol. The first-order valence-electron chi connectivity index (χ1n) is 13.3. The number of imidazole rings is 1. The number of hydrogen-bond acceptors (Lipinski definition) is 7. The van der Waals surface area contributed by atoms with E-state index < -0.39 is 36.6 Å². The topological polar surface area (TPSA) is 127 Å². The Hall–Kier alpha value is -4.25. The molecule has 1 N–H and O–H groups in total. The fourth-order valence-corrected chi connectivity index (χ4v) is 6.44. The molecule has 1 fully saturated rings. The molecule has 0 spiro atoms. The second-order valence-corrected chi connectivity index (χ2v) is 18.4. The lowest BCUT2D eigenvalue weighted by Crippen LogP contribution is -2.30. The standard InChI is InChI=1S/C29H30FN5O5SSi/c1-42(2,3)12-11-39-19-34-16-23(15-31)32-29(34)22-10-9-21-14-25(40-18-20-7-5-4-6-8-20)28(27(30)24(21)13-22)35-17-26(36)33-41(35,37)38/h4-10,13-14,16H,11-12,17-19H2,1-3H3,(H,33,36). The zero-order chi connectivity index (χ0) is 30.1. The van der Waals surface area contributed by atoms with Crippen LogP contribution in [0.2, 0.25) is 25.7 Å². The van der Waals surface area contributed by atoms with Gasteiger partial charge in [0.1, 0.15) is 43.2 Å². The van der Waals surface area contributed by atoms with Crippen LogP contribution in [0.3, 0.4) is 0 Å². The lowest BCUT2D eigenvalue weighted by molar-refractivity contribution is -0.117. The summed E-state index contributed by atoms with van der Waals surface area (Å²) < 4.78 is 58.0. The van der Waals surface area contributed by atoms with Crippen LogP contribution in [0.15, 0.2) is 60.8 Å². The molecule has 4 aromatic rings. The number of nitriles is 1. The van der Waals surface area contributed by atoms with Crippen LogP contribution in [0, 0.1) is 17.1 Å². The minimum absolute atomic E-state index is 0.0271. The molecule has 1 amide bonds. The first-order valence-corrected chi connectivity index (χ1v) is 18.4. The molecule has 2 heterocycles. The first kappa shape index (κ1) is 29.2. The van der Waals surface area contributed by atoms with E-state index in [0.29, 0.717) is 27.7 Å². The minimum atomic E-state index is -4.33. The summed E-state index contributed by atoms with van der Waals surface area (Å²) in [6, 6.07) is 18.7. The first-order chi connectivity index (χ1) is 19.9. The van der Waals surface area contributed by atoms with E-state index in [0.717, 1.165) is 11.6 Å².